The Morgan fingerprint density at radius 1 is 1.41 bits per heavy atom. The van der Waals surface area contributed by atoms with E-state index in [9.17, 15) is 0 Å². The Kier molecular flexibility index (Phi) is 2.69. The number of aryl methyl sites for hydroxylation is 2. The summed E-state index contributed by atoms with van der Waals surface area (Å²) in [4.78, 5) is 11.3. The van der Waals surface area contributed by atoms with Gasteiger partial charge in [-0.25, -0.2) is 9.97 Å². The molecule has 5 heteroatoms. The molecule has 0 bridgehead atoms. The van der Waals surface area contributed by atoms with Crippen LogP contribution >= 0.6 is 23.1 Å². The van der Waals surface area contributed by atoms with Gasteiger partial charge in [-0.15, -0.1) is 17.8 Å². The first-order chi connectivity index (χ1) is 8.29. The molecule has 0 amide bonds. The van der Waals surface area contributed by atoms with Gasteiger partial charge in [0.15, 0.2) is 5.16 Å². The Morgan fingerprint density at radius 3 is 3.12 bits per heavy atom. The predicted molar refractivity (Wildman–Crippen MR) is 73.4 cm³/mol. The van der Waals surface area contributed by atoms with E-state index < -0.39 is 0 Å². The van der Waals surface area contributed by atoms with Crippen molar-refractivity contribution >= 4 is 39.1 Å². The molecule has 3 nitrogen and oxygen atoms in total. The van der Waals surface area contributed by atoms with Crippen molar-refractivity contribution in [1.29, 1.82) is 0 Å². The molecule has 0 saturated carbocycles. The second-order valence-corrected chi connectivity index (χ2v) is 5.95. The molecule has 0 atom stereocenters. The van der Waals surface area contributed by atoms with E-state index in [1.54, 1.807) is 11.3 Å². The van der Waals surface area contributed by atoms with Gasteiger partial charge in [-0.3, -0.25) is 0 Å². The fraction of sp³-hybridized carbons (Fsp3) is 0.333. The molecular weight excluding hydrogens is 250 g/mol. The summed E-state index contributed by atoms with van der Waals surface area (Å²) in [7, 11) is 0. The van der Waals surface area contributed by atoms with Crippen LogP contribution in [0.4, 0.5) is 5.82 Å². The maximum Gasteiger partial charge on any atom is 0.191 e. The summed E-state index contributed by atoms with van der Waals surface area (Å²) >= 11 is 3.21. The lowest BCUT2D eigenvalue weighted by Gasteiger charge is -2.01. The summed E-state index contributed by atoms with van der Waals surface area (Å²) < 4.78 is 0. The Labute approximate surface area is 108 Å². The normalized spacial score (nSPS) is 13.8. The lowest BCUT2D eigenvalue weighted by molar-refractivity contribution is 0.916. The third-order valence-corrected chi connectivity index (χ3v) is 4.79. The maximum absolute atomic E-state index is 6.04. The van der Waals surface area contributed by atoms with E-state index in [1.807, 2.05) is 0 Å². The van der Waals surface area contributed by atoms with Crippen LogP contribution in [0.1, 0.15) is 16.9 Å². The highest BCUT2D eigenvalue weighted by molar-refractivity contribution is 7.99. The van der Waals surface area contributed by atoms with Crippen molar-refractivity contribution < 1.29 is 0 Å². The van der Waals surface area contributed by atoms with Crippen molar-refractivity contribution in [1.82, 2.24) is 9.97 Å². The molecule has 0 aromatic carbocycles. The van der Waals surface area contributed by atoms with Crippen LogP contribution in [-0.4, -0.2) is 15.7 Å². The molecule has 3 rings (SSSR count). The van der Waals surface area contributed by atoms with E-state index >= 15 is 0 Å². The van der Waals surface area contributed by atoms with Crippen molar-refractivity contribution in [3.05, 3.63) is 10.4 Å². The van der Waals surface area contributed by atoms with Crippen molar-refractivity contribution in [2.24, 2.45) is 0 Å². The molecular formula is C12H11N3S2. The van der Waals surface area contributed by atoms with Crippen LogP contribution in [0.5, 0.6) is 0 Å². The SMILES string of the molecule is C#CCSc1nc(N)c2c3c(sc2n1)CCC3. The number of hydrogen-bond donors (Lipinski definition) is 1. The van der Waals surface area contributed by atoms with Crippen LogP contribution in [0.25, 0.3) is 10.2 Å². The summed E-state index contributed by atoms with van der Waals surface area (Å²) in [5.74, 6) is 3.75. The minimum atomic E-state index is 0.579. The molecule has 0 aliphatic heterocycles. The number of terminal acetylenes is 1. The van der Waals surface area contributed by atoms with Gasteiger partial charge in [0.25, 0.3) is 0 Å². The fourth-order valence-electron chi connectivity index (χ4n) is 2.17. The number of thioether (sulfide) groups is 1. The molecule has 86 valence electrons. The molecule has 2 heterocycles. The molecule has 1 aliphatic rings. The maximum atomic E-state index is 6.04. The van der Waals surface area contributed by atoms with E-state index in [2.05, 4.69) is 15.9 Å². The second kappa shape index (κ2) is 4.21. The van der Waals surface area contributed by atoms with Crippen molar-refractivity contribution in [3.8, 4) is 12.3 Å². The second-order valence-electron chi connectivity index (χ2n) is 3.92. The van der Waals surface area contributed by atoms with Crippen molar-refractivity contribution in [2.45, 2.75) is 24.4 Å². The van der Waals surface area contributed by atoms with E-state index in [1.165, 1.54) is 28.6 Å². The summed E-state index contributed by atoms with van der Waals surface area (Å²) in [6.07, 6.45) is 8.72. The number of anilines is 1. The topological polar surface area (TPSA) is 51.8 Å². The van der Waals surface area contributed by atoms with E-state index in [4.69, 9.17) is 12.2 Å². The zero-order valence-electron chi connectivity index (χ0n) is 9.19. The molecule has 0 radical (unpaired) electrons. The third-order valence-electron chi connectivity index (χ3n) is 2.86. The van der Waals surface area contributed by atoms with Crippen LogP contribution in [0.2, 0.25) is 0 Å². The smallest absolute Gasteiger partial charge is 0.191 e. The monoisotopic (exact) mass is 261 g/mol. The zero-order chi connectivity index (χ0) is 11.8. The largest absolute Gasteiger partial charge is 0.383 e. The first-order valence-electron chi connectivity index (χ1n) is 5.43. The number of thiophene rings is 1. The van der Waals surface area contributed by atoms with Gasteiger partial charge in [-0.2, -0.15) is 0 Å². The summed E-state index contributed by atoms with van der Waals surface area (Å²) in [5.41, 5.74) is 7.41. The number of nitrogen functional groups attached to an aromatic ring is 1. The fourth-order valence-corrected chi connectivity index (χ4v) is 4.03. The molecule has 0 saturated heterocycles. The summed E-state index contributed by atoms with van der Waals surface area (Å²) in [6, 6.07) is 0. The molecule has 2 aromatic rings. The lowest BCUT2D eigenvalue weighted by Crippen LogP contribution is -1.96. The molecule has 0 fully saturated rings. The van der Waals surface area contributed by atoms with Gasteiger partial charge in [-0.05, 0) is 24.8 Å². The molecule has 17 heavy (non-hydrogen) atoms. The van der Waals surface area contributed by atoms with Crippen LogP contribution in [-0.2, 0) is 12.8 Å². The van der Waals surface area contributed by atoms with E-state index in [-0.39, 0.29) is 0 Å². The summed E-state index contributed by atoms with van der Waals surface area (Å²) in [6.45, 7) is 0. The van der Waals surface area contributed by atoms with E-state index in [0.717, 1.165) is 23.1 Å². The number of nitrogens with two attached hydrogens (primary N) is 1. The minimum Gasteiger partial charge on any atom is -0.383 e. The standard InChI is InChI=1S/C12H11N3S2/c1-2-6-16-12-14-10(13)9-7-4-3-5-8(7)17-11(9)15-12/h1H,3-6H2,(H2,13,14,15). The van der Waals surface area contributed by atoms with E-state index in [0.29, 0.717) is 16.7 Å². The number of fused-ring (bicyclic) bond motifs is 3. The zero-order valence-corrected chi connectivity index (χ0v) is 10.8. The average molecular weight is 261 g/mol. The summed E-state index contributed by atoms with van der Waals surface area (Å²) in [5, 5.41) is 1.76. The minimum absolute atomic E-state index is 0.579. The highest BCUT2D eigenvalue weighted by atomic mass is 32.2. The quantitative estimate of drug-likeness (QED) is 0.512. The number of aromatic nitrogens is 2. The average Bonchev–Trinajstić information content (AvgIpc) is 2.85. The Bertz CT molecular complexity index is 625. The molecule has 0 spiro atoms. The van der Waals surface area contributed by atoms with Gasteiger partial charge in [0.2, 0.25) is 0 Å². The van der Waals surface area contributed by atoms with Gasteiger partial charge < -0.3 is 5.73 Å². The van der Waals surface area contributed by atoms with Crippen LogP contribution in [0, 0.1) is 12.3 Å². The molecule has 0 unspecified atom stereocenters. The van der Waals surface area contributed by atoms with Gasteiger partial charge in [0.05, 0.1) is 11.1 Å². The Morgan fingerprint density at radius 2 is 2.29 bits per heavy atom. The third kappa shape index (κ3) is 1.78. The van der Waals surface area contributed by atoms with Gasteiger partial charge in [-0.1, -0.05) is 17.7 Å². The highest BCUT2D eigenvalue weighted by Gasteiger charge is 2.21. The van der Waals surface area contributed by atoms with Crippen molar-refractivity contribution in [2.75, 3.05) is 11.5 Å². The van der Waals surface area contributed by atoms with Crippen LogP contribution < -0.4 is 5.73 Å². The predicted octanol–water partition coefficient (Wildman–Crippen LogP) is 2.49. The van der Waals surface area contributed by atoms with Crippen molar-refractivity contribution in [3.63, 3.8) is 0 Å². The van der Waals surface area contributed by atoms with Crippen LogP contribution in [0.3, 0.4) is 0 Å². The lowest BCUT2D eigenvalue weighted by atomic mass is 10.2. The first-order valence-corrected chi connectivity index (χ1v) is 7.24. The number of nitrogens with zero attached hydrogens (tertiary/aromatic N) is 2. The highest BCUT2D eigenvalue weighted by Crippen LogP contribution is 2.39. The first kappa shape index (κ1) is 10.9. The Balaban J connectivity index is 2.12. The van der Waals surface area contributed by atoms with Gasteiger partial charge in [0, 0.05) is 4.88 Å². The van der Waals surface area contributed by atoms with Crippen LogP contribution in [0.15, 0.2) is 5.16 Å². The van der Waals surface area contributed by atoms with Gasteiger partial charge in [0.1, 0.15) is 10.6 Å². The number of rotatable bonds is 2. The van der Waals surface area contributed by atoms with Gasteiger partial charge >= 0.3 is 0 Å². The molecule has 2 N–H and O–H groups in total. The molecule has 1 aliphatic carbocycles. The number of hydrogen-bond acceptors (Lipinski definition) is 5. The molecule has 2 aromatic heterocycles. The Hall–Kier alpha value is -1.25.